The molecule has 29 heavy (non-hydrogen) atoms. The predicted octanol–water partition coefficient (Wildman–Crippen LogP) is 4.10. The minimum absolute atomic E-state index is 0.184. The molecule has 0 bridgehead atoms. The van der Waals surface area contributed by atoms with Gasteiger partial charge in [0.2, 0.25) is 22.1 Å². The molecule has 0 spiro atoms. The fourth-order valence-corrected chi connectivity index (χ4v) is 4.45. The van der Waals surface area contributed by atoms with Crippen LogP contribution >= 0.6 is 45.9 Å². The fourth-order valence-electron chi connectivity index (χ4n) is 2.44. The van der Waals surface area contributed by atoms with Crippen LogP contribution < -0.4 is 10.6 Å². The van der Waals surface area contributed by atoms with Crippen LogP contribution in [0, 0.1) is 18.8 Å². The monoisotopic (exact) mass is 478 g/mol. The molecule has 0 aliphatic rings. The van der Waals surface area contributed by atoms with Crippen LogP contribution in [0.15, 0.2) is 0 Å². The lowest BCUT2D eigenvalue weighted by Crippen LogP contribution is -2.29. The van der Waals surface area contributed by atoms with Crippen molar-refractivity contribution < 1.29 is 9.59 Å². The molecular formula is C17H24Cl2N6O2S2. The minimum atomic E-state index is -0.461. The normalized spacial score (nSPS) is 15.4. The van der Waals surface area contributed by atoms with E-state index in [1.807, 2.05) is 13.8 Å². The van der Waals surface area contributed by atoms with Crippen LogP contribution in [0.2, 0.25) is 0 Å². The summed E-state index contributed by atoms with van der Waals surface area (Å²) in [6.07, 6.45) is 1.53. The molecule has 0 aromatic carbocycles. The van der Waals surface area contributed by atoms with E-state index in [1.165, 1.54) is 22.7 Å². The third-order valence-electron chi connectivity index (χ3n) is 4.20. The van der Waals surface area contributed by atoms with Gasteiger partial charge in [-0.25, -0.2) is 0 Å². The number of hydrogen-bond donors (Lipinski definition) is 2. The summed E-state index contributed by atoms with van der Waals surface area (Å²) in [5.74, 6) is -1.10. The van der Waals surface area contributed by atoms with E-state index >= 15 is 0 Å². The van der Waals surface area contributed by atoms with Crippen LogP contribution in [0.25, 0.3) is 0 Å². The molecule has 0 aliphatic heterocycles. The molecule has 4 unspecified atom stereocenters. The lowest BCUT2D eigenvalue weighted by molar-refractivity contribution is -0.120. The van der Waals surface area contributed by atoms with E-state index in [9.17, 15) is 9.59 Å². The van der Waals surface area contributed by atoms with E-state index in [-0.39, 0.29) is 23.7 Å². The highest BCUT2D eigenvalue weighted by Gasteiger charge is 2.27. The molecule has 0 aliphatic carbocycles. The van der Waals surface area contributed by atoms with Crippen molar-refractivity contribution in [1.82, 2.24) is 20.4 Å². The first-order chi connectivity index (χ1) is 13.7. The summed E-state index contributed by atoms with van der Waals surface area (Å²) in [6.45, 7) is 7.35. The highest BCUT2D eigenvalue weighted by molar-refractivity contribution is 7.15. The predicted molar refractivity (Wildman–Crippen MR) is 118 cm³/mol. The number of alkyl halides is 2. The largest absolute Gasteiger partial charge is 0.300 e. The highest BCUT2D eigenvalue weighted by atomic mass is 35.5. The van der Waals surface area contributed by atoms with Crippen molar-refractivity contribution >= 4 is 68.0 Å². The molecule has 2 N–H and O–H groups in total. The Hall–Kier alpha value is -1.36. The Labute approximate surface area is 187 Å². The number of nitrogens with zero attached hydrogens (tertiary/aromatic N) is 4. The topological polar surface area (TPSA) is 110 Å². The first-order valence-corrected chi connectivity index (χ1v) is 11.7. The van der Waals surface area contributed by atoms with Gasteiger partial charge in [-0.15, -0.1) is 43.6 Å². The molecule has 2 amide bonds. The van der Waals surface area contributed by atoms with Crippen molar-refractivity contribution in [2.75, 3.05) is 10.6 Å². The van der Waals surface area contributed by atoms with E-state index < -0.39 is 10.8 Å². The zero-order chi connectivity index (χ0) is 21.6. The Morgan fingerprint density at radius 1 is 0.897 bits per heavy atom. The third-order valence-corrected chi connectivity index (χ3v) is 7.03. The third kappa shape index (κ3) is 7.44. The quantitative estimate of drug-likeness (QED) is 0.497. The van der Waals surface area contributed by atoms with Crippen molar-refractivity contribution in [3.8, 4) is 0 Å². The number of amides is 2. The van der Waals surface area contributed by atoms with Gasteiger partial charge in [0.1, 0.15) is 10.0 Å². The number of aromatic nitrogens is 4. The molecule has 2 heterocycles. The molecule has 12 heteroatoms. The lowest BCUT2D eigenvalue weighted by Gasteiger charge is -2.21. The van der Waals surface area contributed by atoms with Gasteiger partial charge in [-0.2, -0.15) is 0 Å². The van der Waals surface area contributed by atoms with Crippen molar-refractivity contribution in [2.24, 2.45) is 11.8 Å². The number of carbonyl (C=O) groups is 2. The van der Waals surface area contributed by atoms with Crippen LogP contribution in [-0.4, -0.2) is 43.0 Å². The van der Waals surface area contributed by atoms with Gasteiger partial charge >= 0.3 is 0 Å². The Kier molecular flexibility index (Phi) is 9.19. The summed E-state index contributed by atoms with van der Waals surface area (Å²) in [5.41, 5.74) is 0. The lowest BCUT2D eigenvalue weighted by atomic mass is 9.97. The summed E-state index contributed by atoms with van der Waals surface area (Å²) in [7, 11) is 0. The molecule has 2 aromatic heterocycles. The van der Waals surface area contributed by atoms with Crippen molar-refractivity contribution in [3.05, 3.63) is 10.0 Å². The Morgan fingerprint density at radius 3 is 1.79 bits per heavy atom. The summed E-state index contributed by atoms with van der Waals surface area (Å²) >= 11 is 15.5. The van der Waals surface area contributed by atoms with E-state index in [2.05, 4.69) is 31.0 Å². The number of anilines is 2. The molecule has 0 saturated heterocycles. The van der Waals surface area contributed by atoms with Gasteiger partial charge in [-0.1, -0.05) is 43.4 Å². The molecule has 2 rings (SSSR count). The summed E-state index contributed by atoms with van der Waals surface area (Å²) in [4.78, 5) is 24.6. The van der Waals surface area contributed by atoms with E-state index in [0.717, 1.165) is 16.4 Å². The van der Waals surface area contributed by atoms with Crippen LogP contribution in [0.5, 0.6) is 0 Å². The fraction of sp³-hybridized carbons (Fsp3) is 0.647. The second kappa shape index (κ2) is 11.1. The zero-order valence-electron chi connectivity index (χ0n) is 16.6. The average Bonchev–Trinajstić information content (AvgIpc) is 3.29. The number of rotatable bonds is 10. The van der Waals surface area contributed by atoms with Crippen LogP contribution in [0.3, 0.4) is 0 Å². The van der Waals surface area contributed by atoms with Crippen molar-refractivity contribution in [3.63, 3.8) is 0 Å². The SMILES string of the molecule is CCc1nnc(NC(=O)C(C)CC(Cl)C(Cl)CC(C)C(=O)Nc2nnc(C)s2)s1. The summed E-state index contributed by atoms with van der Waals surface area (Å²) in [5, 5.41) is 22.8. The van der Waals surface area contributed by atoms with E-state index in [0.29, 0.717) is 23.1 Å². The van der Waals surface area contributed by atoms with Crippen LogP contribution in [-0.2, 0) is 16.0 Å². The maximum absolute atomic E-state index is 12.4. The molecule has 160 valence electrons. The Balaban J connectivity index is 1.79. The number of nitrogens with one attached hydrogen (secondary N) is 2. The van der Waals surface area contributed by atoms with Crippen LogP contribution in [0.4, 0.5) is 10.3 Å². The van der Waals surface area contributed by atoms with Gasteiger partial charge in [0.05, 0.1) is 10.8 Å². The Bertz CT molecular complexity index is 830. The molecule has 0 saturated carbocycles. The molecule has 2 aromatic rings. The Morgan fingerprint density at radius 2 is 1.38 bits per heavy atom. The minimum Gasteiger partial charge on any atom is -0.300 e. The van der Waals surface area contributed by atoms with E-state index in [4.69, 9.17) is 23.2 Å². The van der Waals surface area contributed by atoms with E-state index in [1.54, 1.807) is 13.8 Å². The van der Waals surface area contributed by atoms with Crippen LogP contribution in [0.1, 0.15) is 43.6 Å². The van der Waals surface area contributed by atoms with Gasteiger partial charge in [-0.05, 0) is 26.2 Å². The molecule has 4 atom stereocenters. The first-order valence-electron chi connectivity index (χ1n) is 9.21. The maximum atomic E-state index is 12.4. The maximum Gasteiger partial charge on any atom is 0.229 e. The summed E-state index contributed by atoms with van der Waals surface area (Å²) in [6, 6.07) is 0. The number of halogens is 2. The molecular weight excluding hydrogens is 455 g/mol. The smallest absolute Gasteiger partial charge is 0.229 e. The second-order valence-corrected chi connectivity index (χ2v) is 10.1. The second-order valence-electron chi connectivity index (χ2n) is 6.76. The first kappa shape index (κ1) is 23.9. The van der Waals surface area contributed by atoms with Gasteiger partial charge < -0.3 is 10.6 Å². The zero-order valence-corrected chi connectivity index (χ0v) is 19.8. The average molecular weight is 479 g/mol. The standard InChI is InChI=1S/C17H24Cl2N6O2S2/c1-5-13-23-25-17(29-13)21-15(27)9(3)7-12(19)11(18)6-8(2)14(26)20-16-24-22-10(4)28-16/h8-9,11-12H,5-7H2,1-4H3,(H,20,24,26)(H,21,25,27). The van der Waals surface area contributed by atoms with Gasteiger partial charge in [-0.3, -0.25) is 9.59 Å². The van der Waals surface area contributed by atoms with Gasteiger partial charge in [0.15, 0.2) is 0 Å². The number of aryl methyl sites for hydroxylation is 2. The molecule has 0 radical (unpaired) electrons. The molecule has 8 nitrogen and oxygen atoms in total. The number of hydrogen-bond acceptors (Lipinski definition) is 8. The number of carbonyl (C=O) groups excluding carboxylic acids is 2. The van der Waals surface area contributed by atoms with Crippen molar-refractivity contribution in [1.29, 1.82) is 0 Å². The van der Waals surface area contributed by atoms with Gasteiger partial charge in [0, 0.05) is 11.8 Å². The molecule has 0 fully saturated rings. The summed E-state index contributed by atoms with van der Waals surface area (Å²) < 4.78 is 0. The van der Waals surface area contributed by atoms with Gasteiger partial charge in [0.25, 0.3) is 0 Å². The highest BCUT2D eigenvalue weighted by Crippen LogP contribution is 2.26. The van der Waals surface area contributed by atoms with Crippen molar-refractivity contribution in [2.45, 2.75) is 57.7 Å².